The normalized spacial score (nSPS) is 25.9. The summed E-state index contributed by atoms with van der Waals surface area (Å²) in [5.41, 5.74) is 0.758. The third kappa shape index (κ3) is 4.32. The van der Waals surface area contributed by atoms with E-state index in [0.717, 1.165) is 37.2 Å². The van der Waals surface area contributed by atoms with Gasteiger partial charge in [-0.2, -0.15) is 8.78 Å². The van der Waals surface area contributed by atoms with Crippen LogP contribution in [0.2, 0.25) is 0 Å². The first-order valence-electron chi connectivity index (χ1n) is 10.0. The summed E-state index contributed by atoms with van der Waals surface area (Å²) in [6, 6.07) is 2.90. The Hall–Kier alpha value is -1.32. The monoisotopic (exact) mass is 368 g/mol. The molecular formula is C22H28F4. The molecule has 2 fully saturated rings. The maximum absolute atomic E-state index is 14.5. The predicted octanol–water partition coefficient (Wildman–Crippen LogP) is 7.85. The molecule has 0 heterocycles. The van der Waals surface area contributed by atoms with Gasteiger partial charge in [-0.25, -0.2) is 8.78 Å². The zero-order valence-electron chi connectivity index (χ0n) is 15.5. The second kappa shape index (κ2) is 8.58. The van der Waals surface area contributed by atoms with E-state index in [4.69, 9.17) is 0 Å². The van der Waals surface area contributed by atoms with Crippen LogP contribution in [0, 0.1) is 17.6 Å². The quantitative estimate of drug-likeness (QED) is 0.354. The van der Waals surface area contributed by atoms with Crippen LogP contribution in [0.3, 0.4) is 0 Å². The molecule has 4 heteroatoms. The highest BCUT2D eigenvalue weighted by Gasteiger charge is 2.33. The fourth-order valence-electron chi connectivity index (χ4n) is 4.59. The Morgan fingerprint density at radius 1 is 0.923 bits per heavy atom. The summed E-state index contributed by atoms with van der Waals surface area (Å²) < 4.78 is 54.0. The van der Waals surface area contributed by atoms with Gasteiger partial charge in [0.25, 0.3) is 6.08 Å². The minimum atomic E-state index is -1.70. The van der Waals surface area contributed by atoms with Gasteiger partial charge in [0.15, 0.2) is 0 Å². The first-order valence-corrected chi connectivity index (χ1v) is 10.0. The number of hydrogen-bond donors (Lipinski definition) is 0. The molecule has 0 radical (unpaired) electrons. The topological polar surface area (TPSA) is 0 Å². The van der Waals surface area contributed by atoms with E-state index >= 15 is 0 Å². The van der Waals surface area contributed by atoms with E-state index in [1.54, 1.807) is 0 Å². The summed E-state index contributed by atoms with van der Waals surface area (Å²) in [7, 11) is 0. The van der Waals surface area contributed by atoms with E-state index < -0.39 is 23.6 Å². The van der Waals surface area contributed by atoms with Crippen molar-refractivity contribution in [3.8, 4) is 0 Å². The van der Waals surface area contributed by atoms with Gasteiger partial charge in [0.2, 0.25) is 0 Å². The van der Waals surface area contributed by atoms with Crippen LogP contribution < -0.4 is 0 Å². The lowest BCUT2D eigenvalue weighted by molar-refractivity contribution is 0.301. The molecule has 0 amide bonds. The Balaban J connectivity index is 1.61. The summed E-state index contributed by atoms with van der Waals surface area (Å²) in [6.07, 6.45) is 7.73. The third-order valence-corrected chi connectivity index (χ3v) is 6.30. The number of benzene rings is 1. The first-order chi connectivity index (χ1) is 12.5. The first kappa shape index (κ1) is 19.4. The lowest BCUT2D eigenvalue weighted by Gasteiger charge is -2.31. The van der Waals surface area contributed by atoms with Gasteiger partial charge in [-0.3, -0.25) is 0 Å². The van der Waals surface area contributed by atoms with Crippen molar-refractivity contribution in [1.82, 2.24) is 0 Å². The largest absolute Gasteiger partial charge is 0.269 e. The molecule has 0 nitrogen and oxygen atoms in total. The summed E-state index contributed by atoms with van der Waals surface area (Å²) in [5, 5.41) is 0. The van der Waals surface area contributed by atoms with Gasteiger partial charge in [-0.05, 0) is 79.5 Å². The van der Waals surface area contributed by atoms with Crippen molar-refractivity contribution in [2.45, 2.75) is 83.0 Å². The Kier molecular flexibility index (Phi) is 6.42. The smallest absolute Gasteiger partial charge is 0.207 e. The van der Waals surface area contributed by atoms with E-state index in [0.29, 0.717) is 0 Å². The third-order valence-electron chi connectivity index (χ3n) is 6.30. The average molecular weight is 368 g/mol. The number of halogens is 4. The summed E-state index contributed by atoms with van der Waals surface area (Å²) in [5.74, 6) is -0.602. The molecule has 2 saturated carbocycles. The molecule has 0 aromatic heterocycles. The molecule has 1 aromatic carbocycles. The van der Waals surface area contributed by atoms with E-state index in [1.165, 1.54) is 37.8 Å². The number of allylic oxidation sites excluding steroid dienone is 1. The molecule has 0 aliphatic heterocycles. The SMILES string of the molecule is CCCCC[C@H]1CC[C@H](c2cc(F)c(C3CC(=C(F)F)C3)c(F)c2)CC1. The van der Waals surface area contributed by atoms with Gasteiger partial charge in [0, 0.05) is 5.56 Å². The van der Waals surface area contributed by atoms with E-state index in [2.05, 4.69) is 6.92 Å². The Labute approximate surface area is 153 Å². The average Bonchev–Trinajstić information content (AvgIpc) is 2.56. The molecular weight excluding hydrogens is 340 g/mol. The predicted molar refractivity (Wildman–Crippen MR) is 96.4 cm³/mol. The van der Waals surface area contributed by atoms with Crippen molar-refractivity contribution in [2.24, 2.45) is 5.92 Å². The summed E-state index contributed by atoms with van der Waals surface area (Å²) in [6.45, 7) is 2.21. The van der Waals surface area contributed by atoms with Gasteiger partial charge < -0.3 is 0 Å². The molecule has 0 bridgehead atoms. The van der Waals surface area contributed by atoms with Crippen LogP contribution in [0.4, 0.5) is 17.6 Å². The summed E-state index contributed by atoms with van der Waals surface area (Å²) >= 11 is 0. The number of rotatable bonds is 6. The van der Waals surface area contributed by atoms with E-state index in [1.807, 2.05) is 0 Å². The van der Waals surface area contributed by atoms with Gasteiger partial charge in [0.1, 0.15) is 11.6 Å². The molecule has 0 saturated heterocycles. The zero-order chi connectivity index (χ0) is 18.7. The summed E-state index contributed by atoms with van der Waals surface area (Å²) in [4.78, 5) is 0. The fourth-order valence-corrected chi connectivity index (χ4v) is 4.59. The van der Waals surface area contributed by atoms with Crippen molar-refractivity contribution >= 4 is 0 Å². The second-order valence-electron chi connectivity index (χ2n) is 8.08. The van der Waals surface area contributed by atoms with Gasteiger partial charge in [-0.15, -0.1) is 0 Å². The lowest BCUT2D eigenvalue weighted by atomic mass is 9.74. The molecule has 0 unspecified atom stereocenters. The van der Waals surface area contributed by atoms with Gasteiger partial charge in [-0.1, -0.05) is 32.6 Å². The Morgan fingerprint density at radius 2 is 1.54 bits per heavy atom. The van der Waals surface area contributed by atoms with E-state index in [9.17, 15) is 17.6 Å². The van der Waals surface area contributed by atoms with Crippen molar-refractivity contribution in [2.75, 3.05) is 0 Å². The second-order valence-corrected chi connectivity index (χ2v) is 8.08. The molecule has 0 spiro atoms. The Bertz CT molecular complexity index is 621. The number of hydrogen-bond acceptors (Lipinski definition) is 0. The maximum atomic E-state index is 14.5. The van der Waals surface area contributed by atoms with Crippen LogP contribution in [0.1, 0.15) is 94.1 Å². The van der Waals surface area contributed by atoms with Crippen LogP contribution in [0.15, 0.2) is 23.8 Å². The highest BCUT2D eigenvalue weighted by molar-refractivity contribution is 5.36. The van der Waals surface area contributed by atoms with Crippen molar-refractivity contribution in [3.63, 3.8) is 0 Å². The zero-order valence-corrected chi connectivity index (χ0v) is 15.5. The molecule has 2 aliphatic rings. The molecule has 0 atom stereocenters. The lowest BCUT2D eigenvalue weighted by Crippen LogP contribution is -2.18. The Morgan fingerprint density at radius 3 is 2.08 bits per heavy atom. The highest BCUT2D eigenvalue weighted by Crippen LogP contribution is 2.46. The van der Waals surface area contributed by atoms with Gasteiger partial charge in [0.05, 0.1) is 0 Å². The maximum Gasteiger partial charge on any atom is 0.269 e. The van der Waals surface area contributed by atoms with Crippen LogP contribution in [-0.4, -0.2) is 0 Å². The van der Waals surface area contributed by atoms with Crippen LogP contribution in [-0.2, 0) is 0 Å². The van der Waals surface area contributed by atoms with Crippen molar-refractivity contribution in [1.29, 1.82) is 0 Å². The standard InChI is InChI=1S/C22H28F4/c1-2-3-4-5-14-6-8-15(9-7-14)16-12-19(23)21(20(24)13-16)17-10-18(11-17)22(25)26/h12-15,17H,2-11H2,1H3/t14-,15-. The molecule has 3 rings (SSSR count). The fraction of sp³-hybridized carbons (Fsp3) is 0.636. The minimum Gasteiger partial charge on any atom is -0.207 e. The van der Waals surface area contributed by atoms with Gasteiger partial charge >= 0.3 is 0 Å². The van der Waals surface area contributed by atoms with E-state index in [-0.39, 0.29) is 29.9 Å². The van der Waals surface area contributed by atoms with Crippen molar-refractivity contribution < 1.29 is 17.6 Å². The number of unbranched alkanes of at least 4 members (excludes halogenated alkanes) is 2. The van der Waals surface area contributed by atoms with Crippen LogP contribution >= 0.6 is 0 Å². The van der Waals surface area contributed by atoms with Crippen LogP contribution in [0.25, 0.3) is 0 Å². The highest BCUT2D eigenvalue weighted by atomic mass is 19.3. The minimum absolute atomic E-state index is 0.00741. The molecule has 26 heavy (non-hydrogen) atoms. The van der Waals surface area contributed by atoms with Crippen molar-refractivity contribution in [3.05, 3.63) is 46.5 Å². The molecule has 144 valence electrons. The molecule has 1 aromatic rings. The molecule has 0 N–H and O–H groups in total. The van der Waals surface area contributed by atoms with Crippen LogP contribution in [0.5, 0.6) is 0 Å². The molecule has 2 aliphatic carbocycles.